The van der Waals surface area contributed by atoms with Crippen LogP contribution in [0.1, 0.15) is 18.1 Å². The minimum absolute atomic E-state index is 0.100. The summed E-state index contributed by atoms with van der Waals surface area (Å²) in [4.78, 5) is 11.1. The summed E-state index contributed by atoms with van der Waals surface area (Å²) in [6, 6.07) is 21.0. The van der Waals surface area contributed by atoms with E-state index in [4.69, 9.17) is 21.1 Å². The number of methoxy groups -OCH3 is 1. The molecule has 3 rings (SSSR count). The van der Waals surface area contributed by atoms with Crippen molar-refractivity contribution in [2.24, 2.45) is 0 Å². The second-order valence-corrected chi connectivity index (χ2v) is 6.92. The molecule has 29 heavy (non-hydrogen) atoms. The molecule has 5 nitrogen and oxygen atoms in total. The van der Waals surface area contributed by atoms with E-state index in [0.29, 0.717) is 29.7 Å². The van der Waals surface area contributed by atoms with Gasteiger partial charge in [0.2, 0.25) is 5.91 Å². The maximum absolute atomic E-state index is 11.1. The summed E-state index contributed by atoms with van der Waals surface area (Å²) < 4.78 is 11.6. The van der Waals surface area contributed by atoms with E-state index in [1.54, 1.807) is 13.2 Å². The van der Waals surface area contributed by atoms with Crippen LogP contribution in [-0.4, -0.2) is 13.0 Å². The summed E-state index contributed by atoms with van der Waals surface area (Å²) in [6.07, 6.45) is 0. The molecule has 0 aliphatic carbocycles. The Hall–Kier alpha value is -3.18. The molecular weight excluding hydrogens is 388 g/mol. The molecule has 1 amide bonds. The lowest BCUT2D eigenvalue weighted by Gasteiger charge is -2.17. The van der Waals surface area contributed by atoms with Gasteiger partial charge in [0.15, 0.2) is 11.5 Å². The molecule has 0 radical (unpaired) electrons. The van der Waals surface area contributed by atoms with Crippen LogP contribution in [0.25, 0.3) is 0 Å². The molecule has 0 bridgehead atoms. The third kappa shape index (κ3) is 5.90. The fraction of sp³-hybridized carbons (Fsp3) is 0.174. The van der Waals surface area contributed by atoms with Gasteiger partial charge in [0.1, 0.15) is 6.61 Å². The van der Waals surface area contributed by atoms with Crippen molar-refractivity contribution in [2.75, 3.05) is 17.7 Å². The molecule has 0 aromatic heterocycles. The van der Waals surface area contributed by atoms with E-state index < -0.39 is 0 Å². The molecule has 0 aliphatic heterocycles. The van der Waals surface area contributed by atoms with E-state index in [1.807, 2.05) is 60.7 Å². The van der Waals surface area contributed by atoms with Crippen LogP contribution in [0.4, 0.5) is 11.4 Å². The molecule has 6 heteroatoms. The van der Waals surface area contributed by atoms with Gasteiger partial charge in [-0.05, 0) is 35.9 Å². The molecule has 0 saturated heterocycles. The molecule has 0 spiro atoms. The summed E-state index contributed by atoms with van der Waals surface area (Å²) in [5, 5.41) is 6.68. The first-order chi connectivity index (χ1) is 14.0. The molecule has 3 aromatic carbocycles. The molecule has 0 unspecified atom stereocenters. The van der Waals surface area contributed by atoms with Gasteiger partial charge in [-0.2, -0.15) is 0 Å². The Kier molecular flexibility index (Phi) is 6.98. The molecule has 0 fully saturated rings. The number of ether oxygens (including phenoxy) is 2. The number of anilines is 2. The van der Waals surface area contributed by atoms with Crippen LogP contribution in [0.2, 0.25) is 5.02 Å². The summed E-state index contributed by atoms with van der Waals surface area (Å²) >= 11 is 6.27. The van der Waals surface area contributed by atoms with Crippen LogP contribution >= 0.6 is 11.6 Å². The number of nitrogens with one attached hydrogen (secondary N) is 2. The second kappa shape index (κ2) is 9.85. The molecule has 2 N–H and O–H groups in total. The first-order valence-electron chi connectivity index (χ1n) is 9.20. The minimum Gasteiger partial charge on any atom is -0.493 e. The van der Waals surface area contributed by atoms with E-state index in [0.717, 1.165) is 22.5 Å². The quantitative estimate of drug-likeness (QED) is 0.515. The lowest BCUT2D eigenvalue weighted by Crippen LogP contribution is -2.07. The highest BCUT2D eigenvalue weighted by molar-refractivity contribution is 6.30. The molecule has 0 heterocycles. The number of carbonyl (C=O) groups excluding carboxylic acids is 1. The predicted molar refractivity (Wildman–Crippen MR) is 117 cm³/mol. The Balaban J connectivity index is 1.75. The van der Waals surface area contributed by atoms with E-state index in [1.165, 1.54) is 6.92 Å². The maximum Gasteiger partial charge on any atom is 0.221 e. The summed E-state index contributed by atoms with van der Waals surface area (Å²) in [7, 11) is 1.60. The van der Waals surface area contributed by atoms with E-state index >= 15 is 0 Å². The van der Waals surface area contributed by atoms with Gasteiger partial charge in [0.25, 0.3) is 0 Å². The van der Waals surface area contributed by atoms with Crippen molar-refractivity contribution in [3.8, 4) is 11.5 Å². The Morgan fingerprint density at radius 1 is 1.00 bits per heavy atom. The fourth-order valence-corrected chi connectivity index (χ4v) is 3.10. The van der Waals surface area contributed by atoms with Crippen LogP contribution in [0.15, 0.2) is 66.7 Å². The van der Waals surface area contributed by atoms with Crippen molar-refractivity contribution in [1.82, 2.24) is 0 Å². The number of halogens is 1. The number of rotatable bonds is 8. The Morgan fingerprint density at radius 2 is 1.69 bits per heavy atom. The van der Waals surface area contributed by atoms with Crippen molar-refractivity contribution in [3.63, 3.8) is 0 Å². The molecule has 150 valence electrons. The van der Waals surface area contributed by atoms with E-state index in [-0.39, 0.29) is 5.91 Å². The highest BCUT2D eigenvalue weighted by Gasteiger charge is 2.13. The van der Waals surface area contributed by atoms with Crippen molar-refractivity contribution < 1.29 is 14.3 Å². The Bertz CT molecular complexity index is 960. The third-order valence-electron chi connectivity index (χ3n) is 4.23. The predicted octanol–water partition coefficient (Wildman–Crippen LogP) is 5.50. The fourth-order valence-electron chi connectivity index (χ4n) is 2.87. The van der Waals surface area contributed by atoms with Crippen LogP contribution in [-0.2, 0) is 17.9 Å². The van der Waals surface area contributed by atoms with E-state index in [2.05, 4.69) is 10.6 Å². The number of hydrogen-bond acceptors (Lipinski definition) is 4. The van der Waals surface area contributed by atoms with Crippen molar-refractivity contribution in [2.45, 2.75) is 20.1 Å². The van der Waals surface area contributed by atoms with Gasteiger partial charge in [-0.1, -0.05) is 41.9 Å². The van der Waals surface area contributed by atoms with Crippen molar-refractivity contribution in [3.05, 3.63) is 82.9 Å². The van der Waals surface area contributed by atoms with Gasteiger partial charge < -0.3 is 20.1 Å². The van der Waals surface area contributed by atoms with E-state index in [9.17, 15) is 4.79 Å². The number of amides is 1. The molecular formula is C23H23ClN2O3. The van der Waals surface area contributed by atoms with Crippen LogP contribution < -0.4 is 20.1 Å². The number of benzene rings is 3. The number of carbonyl (C=O) groups is 1. The Labute approximate surface area is 175 Å². The van der Waals surface area contributed by atoms with Crippen molar-refractivity contribution in [1.29, 1.82) is 0 Å². The molecule has 3 aromatic rings. The normalized spacial score (nSPS) is 10.3. The van der Waals surface area contributed by atoms with Gasteiger partial charge in [0, 0.05) is 41.5 Å². The van der Waals surface area contributed by atoms with Gasteiger partial charge in [0.05, 0.1) is 7.11 Å². The summed E-state index contributed by atoms with van der Waals surface area (Å²) in [5.74, 6) is 1.14. The van der Waals surface area contributed by atoms with Crippen LogP contribution in [0.3, 0.4) is 0 Å². The van der Waals surface area contributed by atoms with Gasteiger partial charge in [-0.25, -0.2) is 0 Å². The molecule has 0 saturated carbocycles. The van der Waals surface area contributed by atoms with Gasteiger partial charge in [-0.15, -0.1) is 0 Å². The average Bonchev–Trinajstić information content (AvgIpc) is 2.72. The topological polar surface area (TPSA) is 59.6 Å². The smallest absolute Gasteiger partial charge is 0.221 e. The molecule has 0 atom stereocenters. The zero-order valence-corrected chi connectivity index (χ0v) is 17.1. The summed E-state index contributed by atoms with van der Waals surface area (Å²) in [6.45, 7) is 2.41. The zero-order valence-electron chi connectivity index (χ0n) is 16.4. The monoisotopic (exact) mass is 410 g/mol. The standard InChI is InChI=1S/C23H23ClN2O3/c1-16(27)26-21-10-8-20(9-11-21)25-14-18-12-19(24)13-22(28-2)23(18)29-15-17-6-4-3-5-7-17/h3-13,25H,14-15H2,1-2H3,(H,26,27). The third-order valence-corrected chi connectivity index (χ3v) is 4.45. The number of hydrogen-bond donors (Lipinski definition) is 2. The maximum atomic E-state index is 11.1. The second-order valence-electron chi connectivity index (χ2n) is 6.48. The molecule has 0 aliphatic rings. The van der Waals surface area contributed by atoms with Crippen molar-refractivity contribution >= 4 is 28.9 Å². The van der Waals surface area contributed by atoms with Crippen LogP contribution in [0.5, 0.6) is 11.5 Å². The lowest BCUT2D eigenvalue weighted by atomic mass is 10.1. The lowest BCUT2D eigenvalue weighted by molar-refractivity contribution is -0.114. The van der Waals surface area contributed by atoms with Gasteiger partial charge in [-0.3, -0.25) is 4.79 Å². The summed E-state index contributed by atoms with van der Waals surface area (Å²) in [5.41, 5.74) is 3.61. The zero-order chi connectivity index (χ0) is 20.6. The van der Waals surface area contributed by atoms with Crippen LogP contribution in [0, 0.1) is 0 Å². The first kappa shape index (κ1) is 20.6. The largest absolute Gasteiger partial charge is 0.493 e. The first-order valence-corrected chi connectivity index (χ1v) is 9.57. The van der Waals surface area contributed by atoms with Gasteiger partial charge >= 0.3 is 0 Å². The minimum atomic E-state index is -0.100. The SMILES string of the molecule is COc1cc(Cl)cc(CNc2ccc(NC(C)=O)cc2)c1OCc1ccccc1. The highest BCUT2D eigenvalue weighted by atomic mass is 35.5. The Morgan fingerprint density at radius 3 is 2.34 bits per heavy atom. The highest BCUT2D eigenvalue weighted by Crippen LogP contribution is 2.36. The average molecular weight is 411 g/mol.